The molecule has 23 heavy (non-hydrogen) atoms. The number of rotatable bonds is 4. The lowest BCUT2D eigenvalue weighted by Crippen LogP contribution is -2.52. The van der Waals surface area contributed by atoms with Crippen molar-refractivity contribution in [2.24, 2.45) is 0 Å². The fraction of sp³-hybridized carbons (Fsp3) is 0.688. The second-order valence-corrected chi connectivity index (χ2v) is 8.59. The Morgan fingerprint density at radius 1 is 1.26 bits per heavy atom. The number of piperidine rings is 1. The number of nitrogens with one attached hydrogen (secondary N) is 1. The van der Waals surface area contributed by atoms with Gasteiger partial charge in [0.1, 0.15) is 5.76 Å². The number of aryl methyl sites for hydroxylation is 1. The van der Waals surface area contributed by atoms with Gasteiger partial charge in [0.15, 0.2) is 15.6 Å². The molecule has 0 spiro atoms. The molecule has 2 atom stereocenters. The van der Waals surface area contributed by atoms with E-state index < -0.39 is 9.84 Å². The first-order valence-corrected chi connectivity index (χ1v) is 10.1. The summed E-state index contributed by atoms with van der Waals surface area (Å²) in [6, 6.07) is 2.95. The van der Waals surface area contributed by atoms with Crippen molar-refractivity contribution in [3.8, 4) is 0 Å². The predicted octanol–water partition coefficient (Wildman–Crippen LogP) is 1.22. The average Bonchev–Trinajstić information content (AvgIpc) is 3.12. The van der Waals surface area contributed by atoms with Gasteiger partial charge in [0.2, 0.25) is 0 Å². The summed E-state index contributed by atoms with van der Waals surface area (Å²) in [5.41, 5.74) is 0. The molecule has 0 aliphatic carbocycles. The summed E-state index contributed by atoms with van der Waals surface area (Å²) in [6.45, 7) is 3.77. The largest absolute Gasteiger partial charge is 0.456 e. The number of carbonyl (C=O) groups excluding carboxylic acids is 1. The third kappa shape index (κ3) is 3.77. The standard InChI is InChI=1S/C16H24N2O4S/c1-2-12-6-7-15(22-12)16(19)17-13-10-23(20,21)11-14(13)18-8-4-3-5-9-18/h6-7,13-14H,2-5,8-11H2,1H3,(H,17,19)/t13-,14-/m0/s1. The fourth-order valence-corrected chi connectivity index (χ4v) is 5.46. The van der Waals surface area contributed by atoms with Crippen LogP contribution >= 0.6 is 0 Å². The van der Waals surface area contributed by atoms with Crippen molar-refractivity contribution in [1.82, 2.24) is 10.2 Å². The summed E-state index contributed by atoms with van der Waals surface area (Å²) in [5.74, 6) is 0.830. The molecule has 2 saturated heterocycles. The van der Waals surface area contributed by atoms with E-state index >= 15 is 0 Å². The molecule has 0 unspecified atom stereocenters. The Kier molecular flexibility index (Phi) is 4.77. The maximum absolute atomic E-state index is 12.4. The van der Waals surface area contributed by atoms with Gasteiger partial charge in [0.25, 0.3) is 5.91 Å². The van der Waals surface area contributed by atoms with E-state index in [1.807, 2.05) is 6.92 Å². The molecule has 1 aromatic rings. The molecule has 3 rings (SSSR count). The van der Waals surface area contributed by atoms with E-state index in [2.05, 4.69) is 10.2 Å². The molecule has 1 amide bonds. The summed E-state index contributed by atoms with van der Waals surface area (Å²) in [4.78, 5) is 14.6. The van der Waals surface area contributed by atoms with Crippen molar-refractivity contribution in [1.29, 1.82) is 0 Å². The molecule has 2 fully saturated rings. The van der Waals surface area contributed by atoms with E-state index in [9.17, 15) is 13.2 Å². The SMILES string of the molecule is CCc1ccc(C(=O)N[C@H]2CS(=O)(=O)C[C@@H]2N2CCCCC2)o1. The fourth-order valence-electron chi connectivity index (χ4n) is 3.51. The molecule has 6 nitrogen and oxygen atoms in total. The monoisotopic (exact) mass is 340 g/mol. The lowest BCUT2D eigenvalue weighted by molar-refractivity contribution is 0.0871. The van der Waals surface area contributed by atoms with Crippen LogP contribution < -0.4 is 5.32 Å². The van der Waals surface area contributed by atoms with Crippen molar-refractivity contribution in [2.75, 3.05) is 24.6 Å². The van der Waals surface area contributed by atoms with Crippen LogP contribution in [0.25, 0.3) is 0 Å². The molecule has 128 valence electrons. The summed E-state index contributed by atoms with van der Waals surface area (Å²) in [5, 5.41) is 2.88. The topological polar surface area (TPSA) is 79.6 Å². The first kappa shape index (κ1) is 16.5. The molecular formula is C16H24N2O4S. The summed E-state index contributed by atoms with van der Waals surface area (Å²) < 4.78 is 29.6. The molecular weight excluding hydrogens is 316 g/mol. The highest BCUT2D eigenvalue weighted by Crippen LogP contribution is 2.23. The molecule has 1 aromatic heterocycles. The van der Waals surface area contributed by atoms with Crippen molar-refractivity contribution < 1.29 is 17.6 Å². The van der Waals surface area contributed by atoms with Gasteiger partial charge < -0.3 is 9.73 Å². The molecule has 7 heteroatoms. The van der Waals surface area contributed by atoms with Gasteiger partial charge in [-0.05, 0) is 38.1 Å². The van der Waals surface area contributed by atoms with Crippen molar-refractivity contribution in [2.45, 2.75) is 44.7 Å². The van der Waals surface area contributed by atoms with E-state index in [4.69, 9.17) is 4.42 Å². The number of hydrogen-bond acceptors (Lipinski definition) is 5. The van der Waals surface area contributed by atoms with E-state index in [-0.39, 0.29) is 35.3 Å². The minimum Gasteiger partial charge on any atom is -0.456 e. The minimum absolute atomic E-state index is 0.0151. The van der Waals surface area contributed by atoms with Crippen molar-refractivity contribution in [3.63, 3.8) is 0 Å². The zero-order valence-corrected chi connectivity index (χ0v) is 14.3. The Morgan fingerprint density at radius 2 is 2.00 bits per heavy atom. The Labute approximate surface area is 137 Å². The average molecular weight is 340 g/mol. The number of nitrogens with zero attached hydrogens (tertiary/aromatic N) is 1. The molecule has 0 aromatic carbocycles. The van der Waals surface area contributed by atoms with Gasteiger partial charge in [0, 0.05) is 12.5 Å². The van der Waals surface area contributed by atoms with E-state index in [0.29, 0.717) is 0 Å². The third-order valence-electron chi connectivity index (χ3n) is 4.73. The highest BCUT2D eigenvalue weighted by atomic mass is 32.2. The van der Waals surface area contributed by atoms with Crippen LogP contribution in [0.3, 0.4) is 0 Å². The Bertz CT molecular complexity index is 661. The van der Waals surface area contributed by atoms with E-state index in [1.54, 1.807) is 12.1 Å². The summed E-state index contributed by atoms with van der Waals surface area (Å²) in [6.07, 6.45) is 4.10. The van der Waals surface area contributed by atoms with Gasteiger partial charge in [-0.2, -0.15) is 0 Å². The van der Waals surface area contributed by atoms with Gasteiger partial charge in [0.05, 0.1) is 17.5 Å². The molecule has 3 heterocycles. The van der Waals surface area contributed by atoms with Crippen LogP contribution in [0.2, 0.25) is 0 Å². The van der Waals surface area contributed by atoms with Gasteiger partial charge in [-0.25, -0.2) is 8.42 Å². The number of furan rings is 1. The highest BCUT2D eigenvalue weighted by molar-refractivity contribution is 7.91. The number of sulfone groups is 1. The quantitative estimate of drug-likeness (QED) is 0.891. The van der Waals surface area contributed by atoms with Crippen LogP contribution in [0.5, 0.6) is 0 Å². The predicted molar refractivity (Wildman–Crippen MR) is 87.2 cm³/mol. The number of likely N-dealkylation sites (tertiary alicyclic amines) is 1. The van der Waals surface area contributed by atoms with Crippen molar-refractivity contribution >= 4 is 15.7 Å². The summed E-state index contributed by atoms with van der Waals surface area (Å²) >= 11 is 0. The van der Waals surface area contributed by atoms with Gasteiger partial charge in [-0.15, -0.1) is 0 Å². The van der Waals surface area contributed by atoms with Crippen LogP contribution in [-0.4, -0.2) is 55.9 Å². The van der Waals surface area contributed by atoms with Gasteiger partial charge in [-0.1, -0.05) is 13.3 Å². The maximum atomic E-state index is 12.4. The van der Waals surface area contributed by atoms with Gasteiger partial charge >= 0.3 is 0 Å². The normalized spacial score (nSPS) is 27.9. The zero-order valence-electron chi connectivity index (χ0n) is 13.5. The zero-order chi connectivity index (χ0) is 16.4. The Balaban J connectivity index is 1.71. The molecule has 2 aliphatic rings. The summed E-state index contributed by atoms with van der Waals surface area (Å²) in [7, 11) is -3.11. The third-order valence-corrected chi connectivity index (χ3v) is 6.45. The second-order valence-electron chi connectivity index (χ2n) is 6.44. The van der Waals surface area contributed by atoms with Crippen LogP contribution in [0.4, 0.5) is 0 Å². The molecule has 0 saturated carbocycles. The maximum Gasteiger partial charge on any atom is 0.287 e. The van der Waals surface area contributed by atoms with E-state index in [0.717, 1.165) is 38.1 Å². The lowest BCUT2D eigenvalue weighted by atomic mass is 10.0. The van der Waals surface area contributed by atoms with Crippen molar-refractivity contribution in [3.05, 3.63) is 23.7 Å². The molecule has 0 radical (unpaired) electrons. The Morgan fingerprint density at radius 3 is 2.65 bits per heavy atom. The van der Waals surface area contributed by atoms with Crippen LogP contribution in [0, 0.1) is 0 Å². The first-order chi connectivity index (χ1) is 11.0. The van der Waals surface area contributed by atoms with Gasteiger partial charge in [-0.3, -0.25) is 9.69 Å². The number of amides is 1. The first-order valence-electron chi connectivity index (χ1n) is 8.32. The smallest absolute Gasteiger partial charge is 0.287 e. The number of carbonyl (C=O) groups is 1. The Hall–Kier alpha value is -1.34. The lowest BCUT2D eigenvalue weighted by Gasteiger charge is -2.34. The van der Waals surface area contributed by atoms with Crippen LogP contribution in [0.15, 0.2) is 16.5 Å². The molecule has 2 aliphatic heterocycles. The second kappa shape index (κ2) is 6.65. The number of hydrogen-bond donors (Lipinski definition) is 1. The van der Waals surface area contributed by atoms with E-state index in [1.165, 1.54) is 6.42 Å². The highest BCUT2D eigenvalue weighted by Gasteiger charge is 2.42. The minimum atomic E-state index is -3.11. The molecule has 0 bridgehead atoms. The molecule has 1 N–H and O–H groups in total. The van der Waals surface area contributed by atoms with Crippen LogP contribution in [0.1, 0.15) is 42.5 Å². The van der Waals surface area contributed by atoms with Crippen LogP contribution in [-0.2, 0) is 16.3 Å².